The molecule has 4 N–H and O–H groups in total. The van der Waals surface area contributed by atoms with Gasteiger partial charge in [-0.3, -0.25) is 4.79 Å². The number of carbonyl (C=O) groups excluding carboxylic acids is 1. The highest BCUT2D eigenvalue weighted by Crippen LogP contribution is 2.29. The maximum atomic E-state index is 12.5. The molecule has 0 saturated carbocycles. The molecule has 0 aromatic heterocycles. The Morgan fingerprint density at radius 2 is 1.79 bits per heavy atom. The van der Waals surface area contributed by atoms with Crippen LogP contribution in [-0.2, 0) is 0 Å². The fraction of sp³-hybridized carbons (Fsp3) is 0.222. The topological polar surface area (TPSA) is 104 Å². The summed E-state index contributed by atoms with van der Waals surface area (Å²) in [4.78, 5) is 25.3. The van der Waals surface area contributed by atoms with Crippen molar-refractivity contribution in [1.29, 1.82) is 0 Å². The lowest BCUT2D eigenvalue weighted by Gasteiger charge is -2.36. The van der Waals surface area contributed by atoms with Crippen LogP contribution in [0.2, 0.25) is 0 Å². The van der Waals surface area contributed by atoms with Gasteiger partial charge in [-0.1, -0.05) is 12.1 Å². The Morgan fingerprint density at radius 1 is 1.12 bits per heavy atom. The number of hydrogen-bond donors (Lipinski definition) is 3. The predicted octanol–water partition coefficient (Wildman–Crippen LogP) is 1.76. The SMILES string of the molecule is Cc1ccc(-c2cc(C(=O)O)cc(C(=O)N3CC(O)C3)c2)c(N)c1. The molecule has 6 nitrogen and oxygen atoms in total. The van der Waals surface area contributed by atoms with E-state index in [-0.39, 0.29) is 30.1 Å². The van der Waals surface area contributed by atoms with Crippen molar-refractivity contribution in [2.75, 3.05) is 18.8 Å². The molecule has 24 heavy (non-hydrogen) atoms. The average Bonchev–Trinajstić information content (AvgIpc) is 2.50. The molecule has 1 aliphatic rings. The van der Waals surface area contributed by atoms with Crippen molar-refractivity contribution in [3.05, 3.63) is 53.1 Å². The number of anilines is 1. The third kappa shape index (κ3) is 2.96. The quantitative estimate of drug-likeness (QED) is 0.746. The van der Waals surface area contributed by atoms with E-state index in [1.54, 1.807) is 12.1 Å². The Bertz CT molecular complexity index is 826. The number of amides is 1. The molecule has 0 radical (unpaired) electrons. The van der Waals surface area contributed by atoms with Crippen LogP contribution in [0.3, 0.4) is 0 Å². The molecule has 1 aliphatic heterocycles. The van der Waals surface area contributed by atoms with Gasteiger partial charge in [0.15, 0.2) is 0 Å². The Morgan fingerprint density at radius 3 is 2.38 bits per heavy atom. The number of likely N-dealkylation sites (tertiary alicyclic amines) is 1. The van der Waals surface area contributed by atoms with Crippen molar-refractivity contribution in [1.82, 2.24) is 4.90 Å². The van der Waals surface area contributed by atoms with E-state index in [0.717, 1.165) is 5.56 Å². The van der Waals surface area contributed by atoms with E-state index in [1.807, 2.05) is 19.1 Å². The molecule has 1 heterocycles. The summed E-state index contributed by atoms with van der Waals surface area (Å²) in [6.07, 6.45) is -0.510. The molecular weight excluding hydrogens is 308 g/mol. The zero-order chi connectivity index (χ0) is 17.4. The first-order valence-corrected chi connectivity index (χ1v) is 7.57. The fourth-order valence-corrected chi connectivity index (χ4v) is 2.78. The Kier molecular flexibility index (Phi) is 3.99. The molecule has 1 amide bonds. The van der Waals surface area contributed by atoms with Crippen molar-refractivity contribution in [3.63, 3.8) is 0 Å². The maximum absolute atomic E-state index is 12.5. The van der Waals surface area contributed by atoms with Crippen molar-refractivity contribution in [3.8, 4) is 11.1 Å². The summed E-state index contributed by atoms with van der Waals surface area (Å²) >= 11 is 0. The zero-order valence-electron chi connectivity index (χ0n) is 13.2. The molecule has 0 unspecified atom stereocenters. The van der Waals surface area contributed by atoms with Crippen LogP contribution in [-0.4, -0.2) is 46.2 Å². The number of benzene rings is 2. The van der Waals surface area contributed by atoms with Gasteiger partial charge in [-0.05, 0) is 42.3 Å². The van der Waals surface area contributed by atoms with Crippen molar-refractivity contribution >= 4 is 17.6 Å². The molecule has 0 atom stereocenters. The average molecular weight is 326 g/mol. The number of carboxylic acids is 1. The number of nitrogens with zero attached hydrogens (tertiary/aromatic N) is 1. The molecule has 6 heteroatoms. The summed E-state index contributed by atoms with van der Waals surface area (Å²) < 4.78 is 0. The molecule has 0 aliphatic carbocycles. The lowest BCUT2D eigenvalue weighted by molar-refractivity contribution is 0.00589. The first-order valence-electron chi connectivity index (χ1n) is 7.57. The summed E-state index contributed by atoms with van der Waals surface area (Å²) in [5.41, 5.74) is 9.13. The lowest BCUT2D eigenvalue weighted by atomic mass is 9.96. The second-order valence-corrected chi connectivity index (χ2v) is 6.06. The highest BCUT2D eigenvalue weighted by molar-refractivity contribution is 6.00. The number of aryl methyl sites for hydroxylation is 1. The van der Waals surface area contributed by atoms with Crippen LogP contribution in [0.25, 0.3) is 11.1 Å². The minimum Gasteiger partial charge on any atom is -0.478 e. The third-order valence-electron chi connectivity index (χ3n) is 4.09. The zero-order valence-corrected chi connectivity index (χ0v) is 13.2. The van der Waals surface area contributed by atoms with Gasteiger partial charge in [0.05, 0.1) is 11.7 Å². The third-order valence-corrected chi connectivity index (χ3v) is 4.09. The van der Waals surface area contributed by atoms with Gasteiger partial charge in [0, 0.05) is 29.9 Å². The minimum atomic E-state index is -1.11. The summed E-state index contributed by atoms with van der Waals surface area (Å²) in [7, 11) is 0. The smallest absolute Gasteiger partial charge is 0.335 e. The van der Waals surface area contributed by atoms with E-state index in [1.165, 1.54) is 17.0 Å². The monoisotopic (exact) mass is 326 g/mol. The van der Waals surface area contributed by atoms with Crippen LogP contribution in [0.15, 0.2) is 36.4 Å². The van der Waals surface area contributed by atoms with Crippen LogP contribution in [0.4, 0.5) is 5.69 Å². The van der Waals surface area contributed by atoms with E-state index >= 15 is 0 Å². The Hall–Kier alpha value is -2.86. The Labute approximate surface area is 139 Å². The summed E-state index contributed by atoms with van der Waals surface area (Å²) in [6.45, 7) is 2.44. The molecule has 124 valence electrons. The van der Waals surface area contributed by atoms with Gasteiger partial charge in [-0.15, -0.1) is 0 Å². The number of carbonyl (C=O) groups is 2. The first kappa shape index (κ1) is 16.0. The van der Waals surface area contributed by atoms with Crippen LogP contribution < -0.4 is 5.73 Å². The van der Waals surface area contributed by atoms with E-state index in [4.69, 9.17) is 5.73 Å². The highest BCUT2D eigenvalue weighted by atomic mass is 16.4. The molecule has 2 aromatic carbocycles. The van der Waals surface area contributed by atoms with Gasteiger partial charge >= 0.3 is 5.97 Å². The van der Waals surface area contributed by atoms with Gasteiger partial charge < -0.3 is 20.8 Å². The number of aliphatic hydroxyl groups excluding tert-OH is 1. The number of aromatic carboxylic acids is 1. The van der Waals surface area contributed by atoms with Gasteiger partial charge in [0.25, 0.3) is 5.91 Å². The largest absolute Gasteiger partial charge is 0.478 e. The lowest BCUT2D eigenvalue weighted by Crippen LogP contribution is -2.53. The van der Waals surface area contributed by atoms with Crippen LogP contribution in [0.5, 0.6) is 0 Å². The second kappa shape index (κ2) is 5.98. The van der Waals surface area contributed by atoms with Crippen molar-refractivity contribution in [2.24, 2.45) is 0 Å². The fourth-order valence-electron chi connectivity index (χ4n) is 2.78. The van der Waals surface area contributed by atoms with Gasteiger partial charge in [-0.25, -0.2) is 4.79 Å². The van der Waals surface area contributed by atoms with Crippen molar-refractivity contribution < 1.29 is 19.8 Å². The van der Waals surface area contributed by atoms with E-state index in [9.17, 15) is 19.8 Å². The number of β-amino-alcohol motifs (C(OH)–C–C–N with tert-alkyl or cyclic N) is 1. The molecule has 0 bridgehead atoms. The number of hydrogen-bond acceptors (Lipinski definition) is 4. The molecule has 0 spiro atoms. The highest BCUT2D eigenvalue weighted by Gasteiger charge is 2.30. The summed E-state index contributed by atoms with van der Waals surface area (Å²) in [5, 5.41) is 18.7. The van der Waals surface area contributed by atoms with E-state index < -0.39 is 12.1 Å². The van der Waals surface area contributed by atoms with Crippen LogP contribution in [0, 0.1) is 6.92 Å². The number of nitrogen functional groups attached to an aromatic ring is 1. The molecule has 2 aromatic rings. The second-order valence-electron chi connectivity index (χ2n) is 6.06. The van der Waals surface area contributed by atoms with Gasteiger partial charge in [0.2, 0.25) is 0 Å². The van der Waals surface area contributed by atoms with E-state index in [2.05, 4.69) is 0 Å². The normalized spacial score (nSPS) is 14.3. The van der Waals surface area contributed by atoms with Crippen LogP contribution >= 0.6 is 0 Å². The van der Waals surface area contributed by atoms with E-state index in [0.29, 0.717) is 16.8 Å². The number of carboxylic acid groups (broad SMARTS) is 1. The molecule has 1 fully saturated rings. The standard InChI is InChI=1S/C18H18N2O4/c1-10-2-3-15(16(19)4-10)11-5-12(7-13(6-11)18(23)24)17(22)20-8-14(21)9-20/h2-7,14,21H,8-9,19H2,1H3,(H,23,24). The van der Waals surface area contributed by atoms with Gasteiger partial charge in [0.1, 0.15) is 0 Å². The molecule has 3 rings (SSSR count). The van der Waals surface area contributed by atoms with Gasteiger partial charge in [-0.2, -0.15) is 0 Å². The number of nitrogens with two attached hydrogens (primary N) is 1. The van der Waals surface area contributed by atoms with Crippen molar-refractivity contribution in [2.45, 2.75) is 13.0 Å². The predicted molar refractivity (Wildman–Crippen MR) is 89.9 cm³/mol. The number of aliphatic hydroxyl groups is 1. The minimum absolute atomic E-state index is 0.0249. The first-order chi connectivity index (χ1) is 11.3. The molecular formula is C18H18N2O4. The number of rotatable bonds is 3. The van der Waals surface area contributed by atoms with Crippen LogP contribution in [0.1, 0.15) is 26.3 Å². The Balaban J connectivity index is 2.06. The maximum Gasteiger partial charge on any atom is 0.335 e. The summed E-state index contributed by atoms with van der Waals surface area (Å²) in [6, 6.07) is 9.99. The summed E-state index contributed by atoms with van der Waals surface area (Å²) in [5.74, 6) is -1.41. The molecule has 1 saturated heterocycles.